The van der Waals surface area contributed by atoms with Gasteiger partial charge in [-0.2, -0.15) is 0 Å². The van der Waals surface area contributed by atoms with Gasteiger partial charge in [-0.1, -0.05) is 19.3 Å². The zero-order chi connectivity index (χ0) is 19.4. The molecule has 1 saturated heterocycles. The molecule has 27 heavy (non-hydrogen) atoms. The van der Waals surface area contributed by atoms with E-state index in [1.54, 1.807) is 12.1 Å². The molecule has 1 aliphatic carbocycles. The van der Waals surface area contributed by atoms with Crippen LogP contribution in [-0.4, -0.2) is 46.2 Å². The van der Waals surface area contributed by atoms with Crippen LogP contribution in [0.3, 0.4) is 0 Å². The summed E-state index contributed by atoms with van der Waals surface area (Å²) in [5.41, 5.74) is 0.951. The number of carboxylic acid groups (broad SMARTS) is 2. The first-order valence-electron chi connectivity index (χ1n) is 10.3. The summed E-state index contributed by atoms with van der Waals surface area (Å²) in [4.78, 5) is 25.2. The van der Waals surface area contributed by atoms with Gasteiger partial charge in [-0.3, -0.25) is 0 Å². The number of carbonyl (C=O) groups is 2. The molecule has 0 bridgehead atoms. The van der Waals surface area contributed by atoms with Crippen LogP contribution in [0, 0.1) is 11.8 Å². The Labute approximate surface area is 161 Å². The van der Waals surface area contributed by atoms with E-state index in [0.29, 0.717) is 12.0 Å². The van der Waals surface area contributed by atoms with Gasteiger partial charge in [0.2, 0.25) is 0 Å². The molecule has 3 rings (SSSR count). The molecular formula is C22H31NO4. The Morgan fingerprint density at radius 1 is 0.963 bits per heavy atom. The van der Waals surface area contributed by atoms with Gasteiger partial charge in [0.15, 0.2) is 0 Å². The van der Waals surface area contributed by atoms with E-state index in [0.717, 1.165) is 43.8 Å². The maximum Gasteiger partial charge on any atom is 0.335 e. The second-order valence-electron chi connectivity index (χ2n) is 8.35. The largest absolute Gasteiger partial charge is 0.478 e. The van der Waals surface area contributed by atoms with Crippen molar-refractivity contribution < 1.29 is 19.8 Å². The summed E-state index contributed by atoms with van der Waals surface area (Å²) in [6.07, 6.45) is 9.80. The molecule has 0 amide bonds. The number of nitrogens with zero attached hydrogens (tertiary/aromatic N) is 1. The summed E-state index contributed by atoms with van der Waals surface area (Å²) in [6.45, 7) is 4.56. The lowest BCUT2D eigenvalue weighted by molar-refractivity contribution is 0.0696. The molecule has 2 N–H and O–H groups in total. The van der Waals surface area contributed by atoms with Crippen molar-refractivity contribution in [3.8, 4) is 0 Å². The highest BCUT2D eigenvalue weighted by Gasteiger charge is 2.28. The minimum Gasteiger partial charge on any atom is -0.478 e. The quantitative estimate of drug-likeness (QED) is 0.777. The average molecular weight is 373 g/mol. The van der Waals surface area contributed by atoms with E-state index < -0.39 is 11.9 Å². The Hall–Kier alpha value is -1.88. The lowest BCUT2D eigenvalue weighted by Crippen LogP contribution is -2.44. The van der Waals surface area contributed by atoms with Gasteiger partial charge in [0.25, 0.3) is 0 Å². The number of piperidine rings is 1. The van der Waals surface area contributed by atoms with Gasteiger partial charge in [0.1, 0.15) is 0 Å². The van der Waals surface area contributed by atoms with Gasteiger partial charge in [-0.25, -0.2) is 9.59 Å². The van der Waals surface area contributed by atoms with Crippen LogP contribution < -0.4 is 0 Å². The molecule has 0 radical (unpaired) electrons. The van der Waals surface area contributed by atoms with Crippen molar-refractivity contribution in [2.45, 2.75) is 64.3 Å². The summed E-state index contributed by atoms with van der Waals surface area (Å²) >= 11 is 0. The molecule has 1 aromatic rings. The zero-order valence-electron chi connectivity index (χ0n) is 16.2. The third kappa shape index (κ3) is 5.10. The van der Waals surface area contributed by atoms with Crippen molar-refractivity contribution in [1.29, 1.82) is 0 Å². The van der Waals surface area contributed by atoms with Crippen molar-refractivity contribution in [3.63, 3.8) is 0 Å². The number of benzene rings is 1. The van der Waals surface area contributed by atoms with Gasteiger partial charge in [-0.05, 0) is 87.7 Å². The Morgan fingerprint density at radius 3 is 2.04 bits per heavy atom. The van der Waals surface area contributed by atoms with Crippen molar-refractivity contribution in [2.75, 3.05) is 13.1 Å². The van der Waals surface area contributed by atoms with Crippen LogP contribution in [0.4, 0.5) is 0 Å². The number of aromatic carboxylic acids is 2. The minimum atomic E-state index is -1.07. The fourth-order valence-corrected chi connectivity index (χ4v) is 4.87. The molecule has 1 aliphatic heterocycles. The lowest BCUT2D eigenvalue weighted by atomic mass is 9.82. The van der Waals surface area contributed by atoms with Crippen molar-refractivity contribution in [1.82, 2.24) is 4.90 Å². The first kappa shape index (κ1) is 19.9. The van der Waals surface area contributed by atoms with Crippen molar-refractivity contribution >= 4 is 11.9 Å². The fraction of sp³-hybridized carbons (Fsp3) is 0.636. The summed E-state index contributed by atoms with van der Waals surface area (Å²) in [5.74, 6) is -0.822. The highest BCUT2D eigenvalue weighted by atomic mass is 16.4. The Balaban J connectivity index is 1.58. The number of hydrogen-bond donors (Lipinski definition) is 2. The number of likely N-dealkylation sites (tertiary alicyclic amines) is 1. The predicted octanol–water partition coefficient (Wildman–Crippen LogP) is 4.31. The Morgan fingerprint density at radius 2 is 1.52 bits per heavy atom. The van der Waals surface area contributed by atoms with Gasteiger partial charge in [0, 0.05) is 6.04 Å². The van der Waals surface area contributed by atoms with Crippen LogP contribution in [0.5, 0.6) is 0 Å². The van der Waals surface area contributed by atoms with E-state index in [-0.39, 0.29) is 11.1 Å². The van der Waals surface area contributed by atoms with Gasteiger partial charge in [-0.15, -0.1) is 0 Å². The van der Waals surface area contributed by atoms with E-state index in [2.05, 4.69) is 11.8 Å². The fourth-order valence-electron chi connectivity index (χ4n) is 4.87. The lowest BCUT2D eigenvalue weighted by Gasteiger charge is -2.40. The second kappa shape index (κ2) is 8.87. The maximum absolute atomic E-state index is 11.3. The smallest absolute Gasteiger partial charge is 0.335 e. The summed E-state index contributed by atoms with van der Waals surface area (Å²) < 4.78 is 0. The second-order valence-corrected chi connectivity index (χ2v) is 8.35. The molecule has 2 aliphatic rings. The normalized spacial score (nSPS) is 21.1. The topological polar surface area (TPSA) is 77.8 Å². The molecule has 148 valence electrons. The molecule has 1 unspecified atom stereocenters. The van der Waals surface area contributed by atoms with Crippen LogP contribution >= 0.6 is 0 Å². The van der Waals surface area contributed by atoms with Gasteiger partial charge in [0.05, 0.1) is 11.1 Å². The number of hydrogen-bond acceptors (Lipinski definition) is 3. The molecule has 0 spiro atoms. The first-order valence-corrected chi connectivity index (χ1v) is 10.3. The molecule has 0 aromatic heterocycles. The van der Waals surface area contributed by atoms with Crippen LogP contribution in [-0.2, 0) is 6.42 Å². The third-order valence-corrected chi connectivity index (χ3v) is 6.57. The van der Waals surface area contributed by atoms with Crippen molar-refractivity contribution in [2.24, 2.45) is 11.8 Å². The molecule has 1 saturated carbocycles. The highest BCUT2D eigenvalue weighted by molar-refractivity contribution is 5.94. The summed E-state index contributed by atoms with van der Waals surface area (Å²) in [5, 5.41) is 18.5. The van der Waals surface area contributed by atoms with E-state index in [1.165, 1.54) is 38.2 Å². The van der Waals surface area contributed by atoms with Gasteiger partial charge < -0.3 is 15.1 Å². The molecule has 5 heteroatoms. The Bertz CT molecular complexity index is 641. The number of rotatable bonds is 6. The maximum atomic E-state index is 11.3. The number of carboxylic acids is 2. The average Bonchev–Trinajstić information content (AvgIpc) is 2.68. The standard InChI is InChI=1S/C22H31NO4/c1-15(18-5-3-2-4-6-18)23-9-7-16(8-10-23)11-17-12-19(21(24)25)14-20(13-17)22(26)27/h12-16,18H,2-11H2,1H3,(H,24,25)(H,26,27). The van der Waals surface area contributed by atoms with Gasteiger partial charge >= 0.3 is 11.9 Å². The SMILES string of the molecule is CC(C1CCCCC1)N1CCC(Cc2cc(C(=O)O)cc(C(=O)O)c2)CC1. The summed E-state index contributed by atoms with van der Waals surface area (Å²) in [6, 6.07) is 5.15. The monoisotopic (exact) mass is 373 g/mol. The van der Waals surface area contributed by atoms with Crippen molar-refractivity contribution in [3.05, 3.63) is 34.9 Å². The predicted molar refractivity (Wildman–Crippen MR) is 104 cm³/mol. The van der Waals surface area contributed by atoms with Crippen LogP contribution in [0.1, 0.15) is 78.1 Å². The zero-order valence-corrected chi connectivity index (χ0v) is 16.2. The van der Waals surface area contributed by atoms with E-state index in [9.17, 15) is 19.8 Å². The van der Waals surface area contributed by atoms with E-state index in [1.807, 2.05) is 0 Å². The molecule has 5 nitrogen and oxygen atoms in total. The third-order valence-electron chi connectivity index (χ3n) is 6.57. The summed E-state index contributed by atoms with van der Waals surface area (Å²) in [7, 11) is 0. The van der Waals surface area contributed by atoms with E-state index in [4.69, 9.17) is 0 Å². The Kier molecular flexibility index (Phi) is 6.53. The molecule has 2 fully saturated rings. The molecule has 1 atom stereocenters. The first-order chi connectivity index (χ1) is 12.9. The van der Waals surface area contributed by atoms with Crippen LogP contribution in [0.15, 0.2) is 18.2 Å². The van der Waals surface area contributed by atoms with Crippen LogP contribution in [0.25, 0.3) is 0 Å². The highest BCUT2D eigenvalue weighted by Crippen LogP contribution is 2.31. The molecule has 1 heterocycles. The molecular weight excluding hydrogens is 342 g/mol. The van der Waals surface area contributed by atoms with Crippen LogP contribution in [0.2, 0.25) is 0 Å². The minimum absolute atomic E-state index is 0.0632. The van der Waals surface area contributed by atoms with E-state index >= 15 is 0 Å². The molecule has 1 aromatic carbocycles.